The number of hydrogen-bond acceptors (Lipinski definition) is 4. The molecule has 1 aromatic heterocycles. The van der Waals surface area contributed by atoms with Gasteiger partial charge < -0.3 is 15.3 Å². The van der Waals surface area contributed by atoms with Gasteiger partial charge >= 0.3 is 6.03 Å². The number of aliphatic hydroxyl groups is 1. The third kappa shape index (κ3) is 3.96. The Morgan fingerprint density at radius 3 is 2.72 bits per heavy atom. The minimum absolute atomic E-state index is 0.0307. The highest BCUT2D eigenvalue weighted by molar-refractivity contribution is 7.11. The highest BCUT2D eigenvalue weighted by Crippen LogP contribution is 2.17. The summed E-state index contributed by atoms with van der Waals surface area (Å²) < 4.78 is 0. The number of urea groups is 1. The predicted octanol–water partition coefficient (Wildman–Crippen LogP) is 1.32. The smallest absolute Gasteiger partial charge is 0.317 e. The SMILES string of the molecule is Cc1nc(C)c(CCNC(=O)N(C)C(C)CO)s1. The number of aryl methyl sites for hydroxylation is 2. The van der Waals surface area contributed by atoms with Crippen LogP contribution in [0.4, 0.5) is 4.79 Å². The van der Waals surface area contributed by atoms with Gasteiger partial charge in [-0.3, -0.25) is 0 Å². The molecule has 6 heteroatoms. The van der Waals surface area contributed by atoms with Crippen LogP contribution in [0.2, 0.25) is 0 Å². The first kappa shape index (κ1) is 14.9. The van der Waals surface area contributed by atoms with Crippen LogP contribution in [0.5, 0.6) is 0 Å². The number of rotatable bonds is 5. The van der Waals surface area contributed by atoms with Crippen molar-refractivity contribution in [1.29, 1.82) is 0 Å². The van der Waals surface area contributed by atoms with Crippen molar-refractivity contribution in [3.63, 3.8) is 0 Å². The van der Waals surface area contributed by atoms with Crippen LogP contribution < -0.4 is 5.32 Å². The maximum Gasteiger partial charge on any atom is 0.317 e. The summed E-state index contributed by atoms with van der Waals surface area (Å²) >= 11 is 1.67. The number of aliphatic hydroxyl groups excluding tert-OH is 1. The molecule has 0 bridgehead atoms. The van der Waals surface area contributed by atoms with Gasteiger partial charge in [0.15, 0.2) is 0 Å². The Kier molecular flexibility index (Phi) is 5.55. The molecule has 102 valence electrons. The van der Waals surface area contributed by atoms with Crippen molar-refractivity contribution in [3.8, 4) is 0 Å². The molecule has 1 atom stereocenters. The van der Waals surface area contributed by atoms with E-state index in [9.17, 15) is 4.79 Å². The Labute approximate surface area is 112 Å². The van der Waals surface area contributed by atoms with E-state index in [-0.39, 0.29) is 18.7 Å². The maximum atomic E-state index is 11.7. The summed E-state index contributed by atoms with van der Waals surface area (Å²) in [6.45, 7) is 6.33. The number of nitrogens with one attached hydrogen (secondary N) is 1. The molecule has 0 aliphatic carbocycles. The average molecular weight is 271 g/mol. The standard InChI is InChI=1S/C12H21N3O2S/c1-8(7-16)15(4)12(17)13-6-5-11-9(2)14-10(3)18-11/h8,16H,5-7H2,1-4H3,(H,13,17). The van der Waals surface area contributed by atoms with Gasteiger partial charge in [0.25, 0.3) is 0 Å². The number of carbonyl (C=O) groups excluding carboxylic acids is 1. The first-order chi connectivity index (χ1) is 8.45. The highest BCUT2D eigenvalue weighted by Gasteiger charge is 2.14. The van der Waals surface area contributed by atoms with E-state index in [0.717, 1.165) is 17.1 Å². The van der Waals surface area contributed by atoms with Crippen LogP contribution in [0.25, 0.3) is 0 Å². The van der Waals surface area contributed by atoms with Gasteiger partial charge in [0, 0.05) is 24.9 Å². The fraction of sp³-hybridized carbons (Fsp3) is 0.667. The van der Waals surface area contributed by atoms with E-state index in [1.165, 1.54) is 9.78 Å². The van der Waals surface area contributed by atoms with Crippen LogP contribution in [0.15, 0.2) is 0 Å². The zero-order valence-corrected chi connectivity index (χ0v) is 12.2. The van der Waals surface area contributed by atoms with Crippen LogP contribution in [-0.4, -0.2) is 47.3 Å². The molecule has 2 amide bonds. The Morgan fingerprint density at radius 1 is 1.56 bits per heavy atom. The van der Waals surface area contributed by atoms with Crippen LogP contribution in [-0.2, 0) is 6.42 Å². The third-order valence-corrected chi connectivity index (χ3v) is 4.01. The second-order valence-electron chi connectivity index (χ2n) is 4.37. The molecule has 0 saturated heterocycles. The fourth-order valence-corrected chi connectivity index (χ4v) is 2.47. The summed E-state index contributed by atoms with van der Waals surface area (Å²) in [5, 5.41) is 12.9. The largest absolute Gasteiger partial charge is 0.394 e. The molecule has 2 N–H and O–H groups in total. The van der Waals surface area contributed by atoms with E-state index < -0.39 is 0 Å². The van der Waals surface area contributed by atoms with Crippen LogP contribution in [0, 0.1) is 13.8 Å². The number of likely N-dealkylation sites (N-methyl/N-ethyl adjacent to an activating group) is 1. The number of carbonyl (C=O) groups is 1. The molecular formula is C12H21N3O2S. The molecule has 0 spiro atoms. The molecule has 0 aliphatic heterocycles. The van der Waals surface area contributed by atoms with Crippen molar-refractivity contribution >= 4 is 17.4 Å². The summed E-state index contributed by atoms with van der Waals surface area (Å²) in [4.78, 5) is 18.8. The zero-order valence-electron chi connectivity index (χ0n) is 11.4. The van der Waals surface area contributed by atoms with Crippen molar-refractivity contribution in [2.24, 2.45) is 0 Å². The Balaban J connectivity index is 2.38. The number of amides is 2. The zero-order chi connectivity index (χ0) is 13.7. The Bertz CT molecular complexity index is 406. The lowest BCUT2D eigenvalue weighted by Crippen LogP contribution is -2.44. The Hall–Kier alpha value is -1.14. The fourth-order valence-electron chi connectivity index (χ4n) is 1.54. The number of thiazole rings is 1. The second-order valence-corrected chi connectivity index (χ2v) is 5.65. The molecule has 0 saturated carbocycles. The normalized spacial score (nSPS) is 12.3. The van der Waals surface area contributed by atoms with Gasteiger partial charge in [-0.05, 0) is 20.8 Å². The summed E-state index contributed by atoms with van der Waals surface area (Å²) in [5.74, 6) is 0. The third-order valence-electron chi connectivity index (χ3n) is 2.87. The molecule has 0 aliphatic rings. The van der Waals surface area contributed by atoms with Gasteiger partial charge in [-0.25, -0.2) is 9.78 Å². The van der Waals surface area contributed by atoms with E-state index in [1.54, 1.807) is 25.3 Å². The van der Waals surface area contributed by atoms with Gasteiger partial charge in [0.1, 0.15) is 0 Å². The van der Waals surface area contributed by atoms with Crippen LogP contribution in [0.3, 0.4) is 0 Å². The lowest BCUT2D eigenvalue weighted by molar-refractivity contribution is 0.157. The van der Waals surface area contributed by atoms with Gasteiger partial charge in [-0.2, -0.15) is 0 Å². The monoisotopic (exact) mass is 271 g/mol. The molecule has 0 fully saturated rings. The minimum atomic E-state index is -0.169. The maximum absolute atomic E-state index is 11.7. The summed E-state index contributed by atoms with van der Waals surface area (Å²) in [6, 6.07) is -0.326. The first-order valence-corrected chi connectivity index (χ1v) is 6.81. The van der Waals surface area contributed by atoms with Gasteiger partial charge in [-0.15, -0.1) is 11.3 Å². The summed E-state index contributed by atoms with van der Waals surface area (Å²) in [5.41, 5.74) is 1.05. The van der Waals surface area contributed by atoms with Crippen molar-refractivity contribution < 1.29 is 9.90 Å². The van der Waals surface area contributed by atoms with E-state index in [4.69, 9.17) is 5.11 Å². The van der Waals surface area contributed by atoms with E-state index in [2.05, 4.69) is 10.3 Å². The minimum Gasteiger partial charge on any atom is -0.394 e. The van der Waals surface area contributed by atoms with E-state index in [1.807, 2.05) is 13.8 Å². The Morgan fingerprint density at radius 2 is 2.22 bits per heavy atom. The van der Waals surface area contributed by atoms with Gasteiger partial charge in [-0.1, -0.05) is 0 Å². The molecule has 1 rings (SSSR count). The topological polar surface area (TPSA) is 65.5 Å². The quantitative estimate of drug-likeness (QED) is 0.849. The molecule has 0 radical (unpaired) electrons. The van der Waals surface area contributed by atoms with Crippen LogP contribution in [0.1, 0.15) is 22.5 Å². The number of aromatic nitrogens is 1. The van der Waals surface area contributed by atoms with E-state index in [0.29, 0.717) is 6.54 Å². The van der Waals surface area contributed by atoms with Gasteiger partial charge in [0.05, 0.1) is 23.4 Å². The summed E-state index contributed by atoms with van der Waals surface area (Å²) in [6.07, 6.45) is 0.796. The first-order valence-electron chi connectivity index (χ1n) is 6.00. The van der Waals surface area contributed by atoms with Crippen molar-refractivity contribution in [3.05, 3.63) is 15.6 Å². The molecule has 18 heavy (non-hydrogen) atoms. The molecule has 5 nitrogen and oxygen atoms in total. The average Bonchev–Trinajstić information content (AvgIpc) is 2.65. The predicted molar refractivity (Wildman–Crippen MR) is 73.0 cm³/mol. The van der Waals surface area contributed by atoms with Crippen molar-refractivity contribution in [1.82, 2.24) is 15.2 Å². The van der Waals surface area contributed by atoms with E-state index >= 15 is 0 Å². The van der Waals surface area contributed by atoms with Crippen LogP contribution >= 0.6 is 11.3 Å². The van der Waals surface area contributed by atoms with Crippen molar-refractivity contribution in [2.45, 2.75) is 33.2 Å². The van der Waals surface area contributed by atoms with Crippen molar-refractivity contribution in [2.75, 3.05) is 20.2 Å². The highest BCUT2D eigenvalue weighted by atomic mass is 32.1. The lowest BCUT2D eigenvalue weighted by Gasteiger charge is -2.23. The molecule has 1 unspecified atom stereocenters. The molecular weight excluding hydrogens is 250 g/mol. The number of nitrogens with zero attached hydrogens (tertiary/aromatic N) is 2. The molecule has 1 aromatic rings. The second kappa shape index (κ2) is 6.70. The number of hydrogen-bond donors (Lipinski definition) is 2. The molecule has 1 heterocycles. The summed E-state index contributed by atoms with van der Waals surface area (Å²) in [7, 11) is 1.68. The molecule has 0 aromatic carbocycles. The van der Waals surface area contributed by atoms with Gasteiger partial charge in [0.2, 0.25) is 0 Å². The lowest BCUT2D eigenvalue weighted by atomic mass is 10.3.